The van der Waals surface area contributed by atoms with E-state index in [0.717, 1.165) is 32.2 Å². The highest BCUT2D eigenvalue weighted by atomic mass is 16.3. The quantitative estimate of drug-likeness (QED) is 0.722. The average molecular weight is 223 g/mol. The highest BCUT2D eigenvalue weighted by Crippen LogP contribution is 2.47. The monoisotopic (exact) mass is 223 g/mol. The summed E-state index contributed by atoms with van der Waals surface area (Å²) in [4.78, 5) is 0. The van der Waals surface area contributed by atoms with E-state index in [1.54, 1.807) is 0 Å². The first-order chi connectivity index (χ1) is 7.74. The molecular formula is C14H25NO. The molecule has 2 heteroatoms. The van der Waals surface area contributed by atoms with Gasteiger partial charge in [-0.25, -0.2) is 0 Å². The van der Waals surface area contributed by atoms with Crippen molar-refractivity contribution in [3.63, 3.8) is 0 Å². The number of hydrogen-bond acceptors (Lipinski definition) is 2. The Kier molecular flexibility index (Phi) is 4.04. The van der Waals surface area contributed by atoms with Crippen molar-refractivity contribution in [3.8, 4) is 0 Å². The Balaban J connectivity index is 2.04. The predicted octanol–water partition coefficient (Wildman–Crippen LogP) is 2.47. The molecule has 0 saturated heterocycles. The second kappa shape index (κ2) is 5.33. The Bertz CT molecular complexity index is 251. The SMILES string of the molecule is C=C1CCC2C(O)CCCC2C1CCCN. The fourth-order valence-corrected chi connectivity index (χ4v) is 3.78. The maximum atomic E-state index is 10.1. The van der Waals surface area contributed by atoms with Crippen LogP contribution in [0.1, 0.15) is 44.9 Å². The molecule has 0 aromatic carbocycles. The van der Waals surface area contributed by atoms with Crippen LogP contribution in [0.5, 0.6) is 0 Å². The summed E-state index contributed by atoms with van der Waals surface area (Å²) in [6.07, 6.45) is 8.00. The predicted molar refractivity (Wildman–Crippen MR) is 67.0 cm³/mol. The van der Waals surface area contributed by atoms with Crippen LogP contribution in [0.25, 0.3) is 0 Å². The second-order valence-electron chi connectivity index (χ2n) is 5.56. The minimum Gasteiger partial charge on any atom is -0.393 e. The molecule has 2 aliphatic carbocycles. The number of rotatable bonds is 3. The van der Waals surface area contributed by atoms with E-state index in [4.69, 9.17) is 5.73 Å². The van der Waals surface area contributed by atoms with Crippen molar-refractivity contribution in [1.82, 2.24) is 0 Å². The van der Waals surface area contributed by atoms with Crippen LogP contribution in [0.15, 0.2) is 12.2 Å². The van der Waals surface area contributed by atoms with Crippen LogP contribution in [0, 0.1) is 17.8 Å². The van der Waals surface area contributed by atoms with Crippen LogP contribution >= 0.6 is 0 Å². The molecule has 2 nitrogen and oxygen atoms in total. The molecule has 2 rings (SSSR count). The van der Waals surface area contributed by atoms with Crippen LogP contribution in [-0.2, 0) is 0 Å². The van der Waals surface area contributed by atoms with Crippen LogP contribution in [0.4, 0.5) is 0 Å². The molecule has 0 spiro atoms. The molecule has 2 fully saturated rings. The lowest BCUT2D eigenvalue weighted by atomic mass is 9.62. The Morgan fingerprint density at radius 1 is 1.25 bits per heavy atom. The maximum absolute atomic E-state index is 10.1. The van der Waals surface area contributed by atoms with Gasteiger partial charge in [-0.05, 0) is 62.8 Å². The lowest BCUT2D eigenvalue weighted by molar-refractivity contribution is -0.00173. The zero-order chi connectivity index (χ0) is 11.5. The Morgan fingerprint density at radius 3 is 2.81 bits per heavy atom. The highest BCUT2D eigenvalue weighted by Gasteiger charge is 2.40. The van der Waals surface area contributed by atoms with Crippen LogP contribution < -0.4 is 5.73 Å². The summed E-state index contributed by atoms with van der Waals surface area (Å²) in [5, 5.41) is 10.1. The standard InChI is InChI=1S/C14H25NO/c1-10-7-8-13-12(4-2-6-14(13)16)11(10)5-3-9-15/h11-14,16H,1-9,15H2. The van der Waals surface area contributed by atoms with E-state index in [0.29, 0.717) is 17.8 Å². The molecule has 0 aromatic heterocycles. The lowest BCUT2D eigenvalue weighted by Crippen LogP contribution is -2.40. The minimum absolute atomic E-state index is 0.0489. The summed E-state index contributed by atoms with van der Waals surface area (Å²) in [7, 11) is 0. The van der Waals surface area contributed by atoms with Crippen molar-refractivity contribution in [2.45, 2.75) is 51.0 Å². The third-order valence-electron chi connectivity index (χ3n) is 4.64. The van der Waals surface area contributed by atoms with Crippen molar-refractivity contribution in [2.75, 3.05) is 6.54 Å². The van der Waals surface area contributed by atoms with Crippen molar-refractivity contribution in [2.24, 2.45) is 23.5 Å². The lowest BCUT2D eigenvalue weighted by Gasteiger charge is -2.45. The molecule has 0 heterocycles. The summed E-state index contributed by atoms with van der Waals surface area (Å²) >= 11 is 0. The van der Waals surface area contributed by atoms with Gasteiger partial charge in [0.25, 0.3) is 0 Å². The topological polar surface area (TPSA) is 46.2 Å². The number of nitrogens with two attached hydrogens (primary N) is 1. The molecular weight excluding hydrogens is 198 g/mol. The van der Waals surface area contributed by atoms with E-state index in [2.05, 4.69) is 6.58 Å². The van der Waals surface area contributed by atoms with E-state index >= 15 is 0 Å². The van der Waals surface area contributed by atoms with Crippen molar-refractivity contribution in [3.05, 3.63) is 12.2 Å². The molecule has 2 aliphatic rings. The van der Waals surface area contributed by atoms with Gasteiger partial charge in [-0.2, -0.15) is 0 Å². The van der Waals surface area contributed by atoms with Gasteiger partial charge in [-0.3, -0.25) is 0 Å². The number of fused-ring (bicyclic) bond motifs is 1. The van der Waals surface area contributed by atoms with Gasteiger partial charge in [0.15, 0.2) is 0 Å². The first-order valence-corrected chi connectivity index (χ1v) is 6.80. The van der Waals surface area contributed by atoms with Crippen LogP contribution in [0.3, 0.4) is 0 Å². The van der Waals surface area contributed by atoms with Crippen LogP contribution in [-0.4, -0.2) is 17.8 Å². The first-order valence-electron chi connectivity index (χ1n) is 6.80. The molecule has 0 bridgehead atoms. The molecule has 0 radical (unpaired) electrons. The van der Waals surface area contributed by atoms with E-state index in [1.807, 2.05) is 0 Å². The summed E-state index contributed by atoms with van der Waals surface area (Å²) in [6.45, 7) is 5.02. The summed E-state index contributed by atoms with van der Waals surface area (Å²) in [6, 6.07) is 0. The summed E-state index contributed by atoms with van der Waals surface area (Å²) in [5.41, 5.74) is 7.03. The molecule has 3 N–H and O–H groups in total. The third kappa shape index (κ3) is 2.33. The van der Waals surface area contributed by atoms with Gasteiger partial charge >= 0.3 is 0 Å². The summed E-state index contributed by atoms with van der Waals surface area (Å²) < 4.78 is 0. The van der Waals surface area contributed by atoms with Gasteiger partial charge in [-0.15, -0.1) is 0 Å². The fourth-order valence-electron chi connectivity index (χ4n) is 3.78. The van der Waals surface area contributed by atoms with Gasteiger partial charge in [0.2, 0.25) is 0 Å². The highest BCUT2D eigenvalue weighted by molar-refractivity contribution is 5.09. The normalized spacial score (nSPS) is 39.5. The zero-order valence-corrected chi connectivity index (χ0v) is 10.2. The van der Waals surface area contributed by atoms with E-state index in [1.165, 1.54) is 24.8 Å². The molecule has 2 saturated carbocycles. The van der Waals surface area contributed by atoms with Gasteiger partial charge < -0.3 is 10.8 Å². The molecule has 0 aliphatic heterocycles. The fraction of sp³-hybridized carbons (Fsp3) is 0.857. The third-order valence-corrected chi connectivity index (χ3v) is 4.64. The van der Waals surface area contributed by atoms with Gasteiger partial charge in [0.1, 0.15) is 0 Å². The average Bonchev–Trinajstić information content (AvgIpc) is 2.28. The Morgan fingerprint density at radius 2 is 2.06 bits per heavy atom. The van der Waals surface area contributed by atoms with Gasteiger partial charge in [0.05, 0.1) is 6.10 Å². The van der Waals surface area contributed by atoms with E-state index < -0.39 is 0 Å². The smallest absolute Gasteiger partial charge is 0.0571 e. The molecule has 4 unspecified atom stereocenters. The molecule has 0 aromatic rings. The van der Waals surface area contributed by atoms with Crippen LogP contribution in [0.2, 0.25) is 0 Å². The van der Waals surface area contributed by atoms with E-state index in [9.17, 15) is 5.11 Å². The first kappa shape index (κ1) is 12.1. The van der Waals surface area contributed by atoms with Crippen molar-refractivity contribution >= 4 is 0 Å². The number of aliphatic hydroxyl groups excluding tert-OH is 1. The zero-order valence-electron chi connectivity index (χ0n) is 10.2. The van der Waals surface area contributed by atoms with Crippen molar-refractivity contribution < 1.29 is 5.11 Å². The molecule has 92 valence electrons. The summed E-state index contributed by atoms with van der Waals surface area (Å²) in [5.74, 6) is 1.87. The van der Waals surface area contributed by atoms with Crippen molar-refractivity contribution in [1.29, 1.82) is 0 Å². The molecule has 16 heavy (non-hydrogen) atoms. The maximum Gasteiger partial charge on any atom is 0.0571 e. The number of hydrogen-bond donors (Lipinski definition) is 2. The molecule has 0 amide bonds. The van der Waals surface area contributed by atoms with Gasteiger partial charge in [-0.1, -0.05) is 18.6 Å². The largest absolute Gasteiger partial charge is 0.393 e. The van der Waals surface area contributed by atoms with Gasteiger partial charge in [0, 0.05) is 0 Å². The minimum atomic E-state index is -0.0489. The second-order valence-corrected chi connectivity index (χ2v) is 5.56. The Hall–Kier alpha value is -0.340. The Labute approximate surface area is 98.9 Å². The number of aliphatic hydroxyl groups is 1. The number of allylic oxidation sites excluding steroid dienone is 1. The molecule has 4 atom stereocenters. The van der Waals surface area contributed by atoms with E-state index in [-0.39, 0.29) is 6.10 Å².